The molecule has 0 radical (unpaired) electrons. The standard InChI is InChI=1S/C23H26F3NO2/c24-23(25,26)22(21(28)27-17-20-10-5-2-6-11-20)16-19(12-7-15-29-22)14-13-18-8-3-1-4-9-18/h1-6,8-11,19H,7,12-17H2,(H,27,28)/t19?,22-/m0/s1. The molecule has 156 valence electrons. The van der Waals surface area contributed by atoms with E-state index in [1.54, 1.807) is 24.3 Å². The van der Waals surface area contributed by atoms with E-state index >= 15 is 0 Å². The zero-order chi connectivity index (χ0) is 20.7. The van der Waals surface area contributed by atoms with Gasteiger partial charge in [-0.05, 0) is 49.1 Å². The molecule has 2 aromatic carbocycles. The van der Waals surface area contributed by atoms with E-state index in [1.165, 1.54) is 0 Å². The van der Waals surface area contributed by atoms with Crippen molar-refractivity contribution in [2.75, 3.05) is 6.61 Å². The van der Waals surface area contributed by atoms with Crippen LogP contribution in [0.15, 0.2) is 60.7 Å². The maximum atomic E-state index is 14.1. The number of hydrogen-bond donors (Lipinski definition) is 1. The van der Waals surface area contributed by atoms with E-state index in [2.05, 4.69) is 5.32 Å². The van der Waals surface area contributed by atoms with Gasteiger partial charge in [-0.15, -0.1) is 0 Å². The Kier molecular flexibility index (Phi) is 6.96. The fourth-order valence-corrected chi connectivity index (χ4v) is 3.85. The summed E-state index contributed by atoms with van der Waals surface area (Å²) >= 11 is 0. The molecule has 0 spiro atoms. The van der Waals surface area contributed by atoms with Crippen molar-refractivity contribution in [1.29, 1.82) is 0 Å². The van der Waals surface area contributed by atoms with Gasteiger partial charge in [-0.25, -0.2) is 0 Å². The summed E-state index contributed by atoms with van der Waals surface area (Å²) in [6.07, 6.45) is -2.70. The largest absolute Gasteiger partial charge is 0.426 e. The molecule has 2 aromatic rings. The zero-order valence-electron chi connectivity index (χ0n) is 16.3. The number of benzene rings is 2. The van der Waals surface area contributed by atoms with Gasteiger partial charge >= 0.3 is 6.18 Å². The summed E-state index contributed by atoms with van der Waals surface area (Å²) in [5.41, 5.74) is -0.962. The van der Waals surface area contributed by atoms with E-state index in [-0.39, 0.29) is 25.5 Å². The van der Waals surface area contributed by atoms with Crippen LogP contribution in [0.4, 0.5) is 13.2 Å². The van der Waals surface area contributed by atoms with Gasteiger partial charge in [0.1, 0.15) is 0 Å². The van der Waals surface area contributed by atoms with Crippen molar-refractivity contribution in [3.05, 3.63) is 71.8 Å². The van der Waals surface area contributed by atoms with Crippen LogP contribution in [0, 0.1) is 5.92 Å². The first kappa shape index (κ1) is 21.4. The first-order valence-corrected chi connectivity index (χ1v) is 9.97. The molecule has 0 saturated carbocycles. The second-order valence-electron chi connectivity index (χ2n) is 7.58. The Balaban J connectivity index is 1.72. The molecule has 1 N–H and O–H groups in total. The van der Waals surface area contributed by atoms with Crippen molar-refractivity contribution in [2.24, 2.45) is 5.92 Å². The SMILES string of the molecule is O=C(NCc1ccccc1)[C@]1(C(F)(F)F)CC(CCc2ccccc2)CCCO1. The maximum Gasteiger partial charge on any atom is 0.426 e. The van der Waals surface area contributed by atoms with E-state index in [9.17, 15) is 18.0 Å². The van der Waals surface area contributed by atoms with Gasteiger partial charge in [0.05, 0.1) is 0 Å². The van der Waals surface area contributed by atoms with Crippen LogP contribution in [-0.4, -0.2) is 24.3 Å². The second-order valence-corrected chi connectivity index (χ2v) is 7.58. The normalized spacial score (nSPS) is 22.7. The summed E-state index contributed by atoms with van der Waals surface area (Å²) in [5, 5.41) is 2.45. The summed E-state index contributed by atoms with van der Waals surface area (Å²) in [7, 11) is 0. The number of amides is 1. The average Bonchev–Trinajstić information content (AvgIpc) is 2.95. The van der Waals surface area contributed by atoms with Gasteiger partial charge < -0.3 is 10.1 Å². The molecule has 3 rings (SSSR count). The van der Waals surface area contributed by atoms with E-state index in [0.717, 1.165) is 11.1 Å². The Labute approximate surface area is 169 Å². The fourth-order valence-electron chi connectivity index (χ4n) is 3.85. The molecule has 1 aliphatic heterocycles. The first-order valence-electron chi connectivity index (χ1n) is 9.97. The Hall–Kier alpha value is -2.34. The number of halogens is 3. The summed E-state index contributed by atoms with van der Waals surface area (Å²) in [5.74, 6) is -1.33. The Morgan fingerprint density at radius 1 is 1.03 bits per heavy atom. The van der Waals surface area contributed by atoms with Gasteiger partial charge in [0.15, 0.2) is 0 Å². The van der Waals surface area contributed by atoms with Gasteiger partial charge in [0, 0.05) is 13.2 Å². The monoisotopic (exact) mass is 405 g/mol. The molecule has 6 heteroatoms. The molecule has 29 heavy (non-hydrogen) atoms. The van der Waals surface area contributed by atoms with Crippen LogP contribution in [0.2, 0.25) is 0 Å². The third-order valence-electron chi connectivity index (χ3n) is 5.49. The predicted octanol–water partition coefficient (Wildman–Crippen LogP) is 5.05. The minimum Gasteiger partial charge on any atom is -0.357 e. The Morgan fingerprint density at radius 2 is 1.66 bits per heavy atom. The molecule has 0 aliphatic carbocycles. The van der Waals surface area contributed by atoms with Crippen molar-refractivity contribution in [3.8, 4) is 0 Å². The maximum absolute atomic E-state index is 14.1. The number of carbonyl (C=O) groups excluding carboxylic acids is 1. The highest BCUT2D eigenvalue weighted by Gasteiger charge is 2.62. The molecule has 2 atom stereocenters. The smallest absolute Gasteiger partial charge is 0.357 e. The third kappa shape index (κ3) is 5.38. The van der Waals surface area contributed by atoms with Gasteiger partial charge in [-0.3, -0.25) is 4.79 Å². The van der Waals surface area contributed by atoms with Crippen LogP contribution < -0.4 is 5.32 Å². The highest BCUT2D eigenvalue weighted by Crippen LogP contribution is 2.43. The van der Waals surface area contributed by atoms with E-state index in [0.29, 0.717) is 25.7 Å². The van der Waals surface area contributed by atoms with E-state index in [4.69, 9.17) is 4.74 Å². The quantitative estimate of drug-likeness (QED) is 0.730. The molecule has 1 aliphatic rings. The van der Waals surface area contributed by atoms with Crippen molar-refractivity contribution in [1.82, 2.24) is 5.32 Å². The zero-order valence-corrected chi connectivity index (χ0v) is 16.3. The predicted molar refractivity (Wildman–Crippen MR) is 105 cm³/mol. The molecular weight excluding hydrogens is 379 g/mol. The van der Waals surface area contributed by atoms with Crippen LogP contribution in [-0.2, 0) is 22.5 Å². The first-order chi connectivity index (χ1) is 13.9. The minimum atomic E-state index is -4.77. The number of aryl methyl sites for hydroxylation is 1. The summed E-state index contributed by atoms with van der Waals surface area (Å²) in [6, 6.07) is 18.6. The van der Waals surface area contributed by atoms with Crippen LogP contribution in [0.25, 0.3) is 0 Å². The molecule has 1 unspecified atom stereocenters. The lowest BCUT2D eigenvalue weighted by Gasteiger charge is -2.35. The number of alkyl halides is 3. The average molecular weight is 405 g/mol. The van der Waals surface area contributed by atoms with E-state index in [1.807, 2.05) is 36.4 Å². The summed E-state index contributed by atoms with van der Waals surface area (Å²) in [6.45, 7) is -0.0321. The lowest BCUT2D eigenvalue weighted by molar-refractivity contribution is -0.269. The van der Waals surface area contributed by atoms with Crippen LogP contribution >= 0.6 is 0 Å². The van der Waals surface area contributed by atoms with Crippen LogP contribution in [0.3, 0.4) is 0 Å². The molecule has 1 heterocycles. The fraction of sp³-hybridized carbons (Fsp3) is 0.435. The van der Waals surface area contributed by atoms with Gasteiger partial charge in [-0.2, -0.15) is 13.2 Å². The van der Waals surface area contributed by atoms with Crippen molar-refractivity contribution in [3.63, 3.8) is 0 Å². The number of hydrogen-bond acceptors (Lipinski definition) is 2. The van der Waals surface area contributed by atoms with Gasteiger partial charge in [0.25, 0.3) is 5.91 Å². The summed E-state index contributed by atoms with van der Waals surface area (Å²) < 4.78 is 47.6. The minimum absolute atomic E-state index is 0.0372. The Morgan fingerprint density at radius 3 is 2.28 bits per heavy atom. The highest BCUT2D eigenvalue weighted by molar-refractivity contribution is 5.86. The number of carbonyl (C=O) groups is 1. The second kappa shape index (κ2) is 9.44. The van der Waals surface area contributed by atoms with E-state index < -0.39 is 17.7 Å². The van der Waals surface area contributed by atoms with Crippen LogP contribution in [0.1, 0.15) is 36.8 Å². The van der Waals surface area contributed by atoms with Gasteiger partial charge in [-0.1, -0.05) is 60.7 Å². The summed E-state index contributed by atoms with van der Waals surface area (Å²) in [4.78, 5) is 12.8. The lowest BCUT2D eigenvalue weighted by atomic mass is 9.84. The molecule has 1 amide bonds. The third-order valence-corrected chi connectivity index (χ3v) is 5.49. The van der Waals surface area contributed by atoms with Crippen molar-refractivity contribution >= 4 is 5.91 Å². The number of ether oxygens (including phenoxy) is 1. The topological polar surface area (TPSA) is 38.3 Å². The van der Waals surface area contributed by atoms with Crippen molar-refractivity contribution in [2.45, 2.75) is 50.4 Å². The molecule has 1 fully saturated rings. The van der Waals surface area contributed by atoms with Gasteiger partial charge in [0.2, 0.25) is 5.60 Å². The lowest BCUT2D eigenvalue weighted by Crippen LogP contribution is -2.59. The van der Waals surface area contributed by atoms with Crippen molar-refractivity contribution < 1.29 is 22.7 Å². The Bertz CT molecular complexity index is 780. The van der Waals surface area contributed by atoms with Crippen LogP contribution in [0.5, 0.6) is 0 Å². The molecule has 0 bridgehead atoms. The highest BCUT2D eigenvalue weighted by atomic mass is 19.4. The molecule has 1 saturated heterocycles. The molecule has 0 aromatic heterocycles. The number of rotatable bonds is 6. The molecule has 3 nitrogen and oxygen atoms in total. The number of nitrogens with one attached hydrogen (secondary N) is 1. The molecular formula is C23H26F3NO2.